The molecule has 1 amide bonds. The first-order valence-corrected chi connectivity index (χ1v) is 8.68. The smallest absolute Gasteiger partial charge is 0.243 e. The molecule has 2 aromatic rings. The van der Waals surface area contributed by atoms with Crippen LogP contribution in [0, 0.1) is 0 Å². The number of amides is 1. The van der Waals surface area contributed by atoms with Gasteiger partial charge in [-0.3, -0.25) is 4.79 Å². The fourth-order valence-corrected chi connectivity index (χ4v) is 2.88. The molecule has 0 aliphatic heterocycles. The Bertz CT molecular complexity index is 599. The Morgan fingerprint density at radius 3 is 2.86 bits per heavy atom. The monoisotopic (exact) mass is 323 g/mol. The van der Waals surface area contributed by atoms with Crippen molar-refractivity contribution in [2.45, 2.75) is 12.5 Å². The maximum Gasteiger partial charge on any atom is 0.243 e. The Morgan fingerprint density at radius 1 is 1.48 bits per heavy atom. The van der Waals surface area contributed by atoms with Crippen molar-refractivity contribution in [1.29, 1.82) is 0 Å². The van der Waals surface area contributed by atoms with Crippen molar-refractivity contribution in [2.24, 2.45) is 5.73 Å². The number of carbonyl (C=O) groups excluding carboxylic acids is 1. The Balaban J connectivity index is 2.00. The van der Waals surface area contributed by atoms with Crippen LogP contribution in [0.25, 0.3) is 11.3 Å². The molecule has 0 radical (unpaired) electrons. The number of aromatic hydroxyl groups is 1. The van der Waals surface area contributed by atoms with Gasteiger partial charge in [-0.15, -0.1) is 11.3 Å². The number of thioether (sulfide) groups is 1. The molecule has 0 aliphatic rings. The van der Waals surface area contributed by atoms with Crippen molar-refractivity contribution in [3.8, 4) is 17.0 Å². The summed E-state index contributed by atoms with van der Waals surface area (Å²) in [4.78, 5) is 16.3. The summed E-state index contributed by atoms with van der Waals surface area (Å²) in [6.07, 6.45) is 2.62. The van der Waals surface area contributed by atoms with E-state index >= 15 is 0 Å². The molecule has 1 heterocycles. The number of carbonyl (C=O) groups is 1. The summed E-state index contributed by atoms with van der Waals surface area (Å²) in [5, 5.41) is 14.4. The van der Waals surface area contributed by atoms with Gasteiger partial charge in [-0.05, 0) is 42.7 Å². The molecule has 0 spiro atoms. The minimum atomic E-state index is -0.515. The molecule has 0 bridgehead atoms. The van der Waals surface area contributed by atoms with E-state index in [-0.39, 0.29) is 11.7 Å². The number of nitrogens with two attached hydrogens (primary N) is 1. The molecule has 0 aliphatic carbocycles. The third-order valence-electron chi connectivity index (χ3n) is 2.87. The number of aromatic nitrogens is 1. The Labute approximate surface area is 131 Å². The standard InChI is InChI=1S/C14H17N3O2S2/c1-20-7-6-11(15)13(19)17-14-16-12(8-21-14)9-2-4-10(18)5-3-9/h2-5,8,11,18H,6-7,15H2,1H3,(H,16,17,19). The van der Waals surface area contributed by atoms with Crippen LogP contribution in [-0.2, 0) is 4.79 Å². The van der Waals surface area contributed by atoms with Crippen LogP contribution in [0.3, 0.4) is 0 Å². The molecule has 21 heavy (non-hydrogen) atoms. The zero-order valence-electron chi connectivity index (χ0n) is 11.6. The van der Waals surface area contributed by atoms with Crippen LogP contribution in [0.1, 0.15) is 6.42 Å². The van der Waals surface area contributed by atoms with E-state index in [0.29, 0.717) is 11.6 Å². The average molecular weight is 323 g/mol. The topological polar surface area (TPSA) is 88.2 Å². The largest absolute Gasteiger partial charge is 0.508 e. The number of phenolic OH excluding ortho intramolecular Hbond substituents is 1. The lowest BCUT2D eigenvalue weighted by atomic mass is 10.2. The minimum absolute atomic E-state index is 0.210. The predicted octanol–water partition coefficient (Wildman–Crippen LogP) is 2.53. The molecule has 1 aromatic heterocycles. The lowest BCUT2D eigenvalue weighted by Crippen LogP contribution is -2.36. The molecule has 1 aromatic carbocycles. The number of nitrogens with one attached hydrogen (secondary N) is 1. The van der Waals surface area contributed by atoms with Crippen LogP contribution in [0.15, 0.2) is 29.6 Å². The summed E-state index contributed by atoms with van der Waals surface area (Å²) in [5.74, 6) is 0.850. The molecule has 2 rings (SSSR count). The Kier molecular flexibility index (Phi) is 5.60. The van der Waals surface area contributed by atoms with Gasteiger partial charge in [0.05, 0.1) is 11.7 Å². The summed E-state index contributed by atoms with van der Waals surface area (Å²) >= 11 is 3.01. The number of phenols is 1. The molecule has 112 valence electrons. The number of benzene rings is 1. The second kappa shape index (κ2) is 7.44. The molecule has 4 N–H and O–H groups in total. The summed E-state index contributed by atoms with van der Waals surface area (Å²) in [6.45, 7) is 0. The van der Waals surface area contributed by atoms with Crippen LogP contribution >= 0.6 is 23.1 Å². The van der Waals surface area contributed by atoms with E-state index in [1.165, 1.54) is 11.3 Å². The average Bonchev–Trinajstić information content (AvgIpc) is 2.93. The highest BCUT2D eigenvalue weighted by Gasteiger charge is 2.15. The normalized spacial score (nSPS) is 12.1. The molecule has 1 atom stereocenters. The zero-order chi connectivity index (χ0) is 15.2. The quantitative estimate of drug-likeness (QED) is 0.760. The summed E-state index contributed by atoms with van der Waals surface area (Å²) < 4.78 is 0. The van der Waals surface area contributed by atoms with E-state index in [0.717, 1.165) is 17.0 Å². The van der Waals surface area contributed by atoms with Gasteiger partial charge in [0.2, 0.25) is 5.91 Å². The van der Waals surface area contributed by atoms with E-state index in [2.05, 4.69) is 10.3 Å². The SMILES string of the molecule is CSCCC(N)C(=O)Nc1nc(-c2ccc(O)cc2)cs1. The number of hydrogen-bond donors (Lipinski definition) is 3. The first-order valence-electron chi connectivity index (χ1n) is 6.40. The summed E-state index contributed by atoms with van der Waals surface area (Å²) in [7, 11) is 0. The number of nitrogens with zero attached hydrogens (tertiary/aromatic N) is 1. The Morgan fingerprint density at radius 2 is 2.19 bits per heavy atom. The first kappa shape index (κ1) is 15.8. The van der Waals surface area contributed by atoms with Gasteiger partial charge in [0.25, 0.3) is 0 Å². The summed E-state index contributed by atoms with van der Waals surface area (Å²) in [5.41, 5.74) is 7.45. The number of thiazole rings is 1. The molecule has 1 unspecified atom stereocenters. The molecule has 7 heteroatoms. The lowest BCUT2D eigenvalue weighted by molar-refractivity contribution is -0.117. The fourth-order valence-electron chi connectivity index (χ4n) is 1.67. The molecule has 0 saturated heterocycles. The highest BCUT2D eigenvalue weighted by molar-refractivity contribution is 7.98. The van der Waals surface area contributed by atoms with Crippen LogP contribution in [0.4, 0.5) is 5.13 Å². The third kappa shape index (κ3) is 4.45. The third-order valence-corrected chi connectivity index (χ3v) is 4.27. The van der Waals surface area contributed by atoms with Gasteiger partial charge in [-0.1, -0.05) is 0 Å². The van der Waals surface area contributed by atoms with E-state index in [4.69, 9.17) is 5.73 Å². The molecule has 0 fully saturated rings. The van der Waals surface area contributed by atoms with Gasteiger partial charge in [-0.2, -0.15) is 11.8 Å². The maximum atomic E-state index is 11.9. The van der Waals surface area contributed by atoms with Gasteiger partial charge in [0.15, 0.2) is 5.13 Å². The van der Waals surface area contributed by atoms with Crippen molar-refractivity contribution in [3.05, 3.63) is 29.6 Å². The van der Waals surface area contributed by atoms with Crippen LogP contribution < -0.4 is 11.1 Å². The van der Waals surface area contributed by atoms with E-state index in [1.54, 1.807) is 36.0 Å². The van der Waals surface area contributed by atoms with Crippen LogP contribution in [-0.4, -0.2) is 34.0 Å². The first-order chi connectivity index (χ1) is 10.1. The van der Waals surface area contributed by atoms with Crippen LogP contribution in [0.2, 0.25) is 0 Å². The molecular formula is C14H17N3O2S2. The maximum absolute atomic E-state index is 11.9. The second-order valence-corrected chi connectivity index (χ2v) is 6.31. The van der Waals surface area contributed by atoms with Crippen molar-refractivity contribution >= 4 is 34.1 Å². The molecule has 0 saturated carbocycles. The Hall–Kier alpha value is -1.57. The fraction of sp³-hybridized carbons (Fsp3) is 0.286. The van der Waals surface area contributed by atoms with E-state index in [9.17, 15) is 9.90 Å². The highest BCUT2D eigenvalue weighted by Crippen LogP contribution is 2.26. The van der Waals surface area contributed by atoms with Gasteiger partial charge in [0.1, 0.15) is 5.75 Å². The van der Waals surface area contributed by atoms with Crippen molar-refractivity contribution in [1.82, 2.24) is 4.98 Å². The number of hydrogen-bond acceptors (Lipinski definition) is 6. The van der Waals surface area contributed by atoms with E-state index in [1.807, 2.05) is 11.6 Å². The van der Waals surface area contributed by atoms with Crippen molar-refractivity contribution in [2.75, 3.05) is 17.3 Å². The van der Waals surface area contributed by atoms with Gasteiger partial charge in [0, 0.05) is 10.9 Å². The van der Waals surface area contributed by atoms with Gasteiger partial charge in [-0.25, -0.2) is 4.98 Å². The van der Waals surface area contributed by atoms with Crippen LogP contribution in [0.5, 0.6) is 5.75 Å². The lowest BCUT2D eigenvalue weighted by Gasteiger charge is -2.09. The van der Waals surface area contributed by atoms with E-state index < -0.39 is 6.04 Å². The zero-order valence-corrected chi connectivity index (χ0v) is 13.2. The van der Waals surface area contributed by atoms with Gasteiger partial charge >= 0.3 is 0 Å². The van der Waals surface area contributed by atoms with Crippen molar-refractivity contribution in [3.63, 3.8) is 0 Å². The number of rotatable bonds is 6. The van der Waals surface area contributed by atoms with Crippen molar-refractivity contribution < 1.29 is 9.90 Å². The molecular weight excluding hydrogens is 306 g/mol. The summed E-state index contributed by atoms with van der Waals surface area (Å²) in [6, 6.07) is 6.25. The highest BCUT2D eigenvalue weighted by atomic mass is 32.2. The second-order valence-electron chi connectivity index (χ2n) is 4.46. The van der Waals surface area contributed by atoms with Gasteiger partial charge < -0.3 is 16.2 Å². The minimum Gasteiger partial charge on any atom is -0.508 e. The predicted molar refractivity (Wildman–Crippen MR) is 88.8 cm³/mol. The number of anilines is 1. The molecule has 5 nitrogen and oxygen atoms in total.